The molecule has 0 saturated carbocycles. The molecule has 2 rings (SSSR count). The smallest absolute Gasteiger partial charge is 0.321 e. The van der Waals surface area contributed by atoms with E-state index >= 15 is 0 Å². The summed E-state index contributed by atoms with van der Waals surface area (Å²) in [5.41, 5.74) is 1.55. The summed E-state index contributed by atoms with van der Waals surface area (Å²) in [4.78, 5) is 13.2. The van der Waals surface area contributed by atoms with E-state index in [0.717, 1.165) is 11.3 Å². The Bertz CT molecular complexity index is 568. The first kappa shape index (κ1) is 11.9. The summed E-state index contributed by atoms with van der Waals surface area (Å²) in [5, 5.41) is 7.59. The summed E-state index contributed by atoms with van der Waals surface area (Å²) in [7, 11) is -2.13. The number of nitrogens with one attached hydrogen (secondary N) is 1. The van der Waals surface area contributed by atoms with Gasteiger partial charge in [-0.3, -0.25) is 4.90 Å². The molecule has 0 unspecified atom stereocenters. The summed E-state index contributed by atoms with van der Waals surface area (Å²) in [6.45, 7) is 0.545. The number of urea groups is 1. The van der Waals surface area contributed by atoms with E-state index in [1.165, 1.54) is 12.1 Å². The summed E-state index contributed by atoms with van der Waals surface area (Å²) in [6, 6.07) is 4.34. The van der Waals surface area contributed by atoms with Crippen LogP contribution >= 0.6 is 0 Å². The van der Waals surface area contributed by atoms with E-state index in [4.69, 9.17) is 5.14 Å². The maximum atomic E-state index is 11.5. The van der Waals surface area contributed by atoms with Crippen molar-refractivity contribution in [1.82, 2.24) is 5.32 Å². The molecule has 0 radical (unpaired) electrons. The molecular formula is C10H13N3O3S. The minimum atomic E-state index is -3.69. The minimum absolute atomic E-state index is 0.0787. The van der Waals surface area contributed by atoms with E-state index in [-0.39, 0.29) is 10.9 Å². The van der Waals surface area contributed by atoms with Crippen LogP contribution in [0.3, 0.4) is 0 Å². The summed E-state index contributed by atoms with van der Waals surface area (Å²) in [5.74, 6) is 0. The van der Waals surface area contributed by atoms with Gasteiger partial charge in [-0.15, -0.1) is 0 Å². The molecule has 0 bridgehead atoms. The number of hydrogen-bond acceptors (Lipinski definition) is 3. The second kappa shape index (κ2) is 4.01. The number of fused-ring (bicyclic) bond motifs is 1. The number of sulfonamides is 1. The Hall–Kier alpha value is -1.60. The molecule has 1 aliphatic heterocycles. The van der Waals surface area contributed by atoms with Gasteiger partial charge in [0.15, 0.2) is 0 Å². The van der Waals surface area contributed by atoms with Crippen LogP contribution in [-0.4, -0.2) is 28.0 Å². The molecule has 0 fully saturated rings. The Labute approximate surface area is 99.5 Å². The SMILES string of the molecule is CNC(=O)N1CCc2cc(S(N)(=O)=O)ccc21. The van der Waals surface area contributed by atoms with Crippen LogP contribution in [0.15, 0.2) is 23.1 Å². The molecule has 3 N–H and O–H groups in total. The van der Waals surface area contributed by atoms with Crippen molar-refractivity contribution in [1.29, 1.82) is 0 Å². The molecule has 2 amide bonds. The summed E-state index contributed by atoms with van der Waals surface area (Å²) in [6.07, 6.45) is 0.631. The largest absolute Gasteiger partial charge is 0.341 e. The summed E-state index contributed by atoms with van der Waals surface area (Å²) >= 11 is 0. The van der Waals surface area contributed by atoms with Gasteiger partial charge in [-0.25, -0.2) is 18.4 Å². The molecule has 1 aliphatic rings. The number of nitrogens with two attached hydrogens (primary N) is 1. The normalized spacial score (nSPS) is 14.6. The van der Waals surface area contributed by atoms with E-state index in [2.05, 4.69) is 5.32 Å². The lowest BCUT2D eigenvalue weighted by Gasteiger charge is -2.16. The zero-order valence-electron chi connectivity index (χ0n) is 9.30. The number of carbonyl (C=O) groups is 1. The van der Waals surface area contributed by atoms with E-state index < -0.39 is 10.0 Å². The first-order chi connectivity index (χ1) is 7.93. The van der Waals surface area contributed by atoms with Crippen LogP contribution in [0.4, 0.5) is 10.5 Å². The third kappa shape index (κ3) is 2.11. The zero-order valence-corrected chi connectivity index (χ0v) is 10.1. The van der Waals surface area contributed by atoms with Gasteiger partial charge in [0.25, 0.3) is 0 Å². The lowest BCUT2D eigenvalue weighted by atomic mass is 10.2. The molecule has 0 spiro atoms. The van der Waals surface area contributed by atoms with Crippen molar-refractivity contribution in [2.75, 3.05) is 18.5 Å². The van der Waals surface area contributed by atoms with Crippen molar-refractivity contribution in [2.24, 2.45) is 5.14 Å². The van der Waals surface area contributed by atoms with Gasteiger partial charge in [0.2, 0.25) is 10.0 Å². The average molecular weight is 255 g/mol. The molecule has 0 saturated heterocycles. The maximum Gasteiger partial charge on any atom is 0.321 e. The predicted molar refractivity (Wildman–Crippen MR) is 63.3 cm³/mol. The fourth-order valence-electron chi connectivity index (χ4n) is 1.90. The van der Waals surface area contributed by atoms with Crippen molar-refractivity contribution in [2.45, 2.75) is 11.3 Å². The van der Waals surface area contributed by atoms with E-state index in [0.29, 0.717) is 13.0 Å². The summed E-state index contributed by atoms with van der Waals surface area (Å²) < 4.78 is 22.4. The van der Waals surface area contributed by atoms with Crippen LogP contribution < -0.4 is 15.4 Å². The lowest BCUT2D eigenvalue weighted by Crippen LogP contribution is -2.36. The molecule has 7 heteroatoms. The minimum Gasteiger partial charge on any atom is -0.341 e. The number of carbonyl (C=O) groups excluding carboxylic acids is 1. The monoisotopic (exact) mass is 255 g/mol. The quantitative estimate of drug-likeness (QED) is 0.741. The highest BCUT2D eigenvalue weighted by molar-refractivity contribution is 7.89. The number of anilines is 1. The van der Waals surface area contributed by atoms with Gasteiger partial charge in [-0.05, 0) is 30.2 Å². The van der Waals surface area contributed by atoms with Crippen LogP contribution in [0.25, 0.3) is 0 Å². The van der Waals surface area contributed by atoms with Crippen molar-refractivity contribution in [3.05, 3.63) is 23.8 Å². The van der Waals surface area contributed by atoms with E-state index in [9.17, 15) is 13.2 Å². The van der Waals surface area contributed by atoms with E-state index in [1.54, 1.807) is 18.0 Å². The van der Waals surface area contributed by atoms with Gasteiger partial charge in [-0.1, -0.05) is 0 Å². The fraction of sp³-hybridized carbons (Fsp3) is 0.300. The first-order valence-electron chi connectivity index (χ1n) is 5.08. The van der Waals surface area contributed by atoms with Gasteiger partial charge in [0, 0.05) is 19.3 Å². The molecule has 6 nitrogen and oxygen atoms in total. The Balaban J connectivity index is 2.42. The van der Waals surface area contributed by atoms with Gasteiger partial charge in [-0.2, -0.15) is 0 Å². The van der Waals surface area contributed by atoms with Gasteiger partial charge >= 0.3 is 6.03 Å². The fourth-order valence-corrected chi connectivity index (χ4v) is 2.47. The van der Waals surface area contributed by atoms with Gasteiger partial charge in [0.05, 0.1) is 4.90 Å². The Morgan fingerprint density at radius 1 is 1.47 bits per heavy atom. The van der Waals surface area contributed by atoms with Crippen LogP contribution in [0, 0.1) is 0 Å². The molecule has 17 heavy (non-hydrogen) atoms. The molecule has 0 aliphatic carbocycles. The Kier molecular flexibility index (Phi) is 2.80. The highest BCUT2D eigenvalue weighted by Gasteiger charge is 2.25. The molecule has 0 aromatic heterocycles. The number of amides is 2. The average Bonchev–Trinajstić information content (AvgIpc) is 2.69. The van der Waals surface area contributed by atoms with Crippen LogP contribution in [0.1, 0.15) is 5.56 Å². The predicted octanol–water partition coefficient (Wildman–Crippen LogP) is 0.0359. The second-order valence-electron chi connectivity index (χ2n) is 3.79. The van der Waals surface area contributed by atoms with Crippen molar-refractivity contribution in [3.8, 4) is 0 Å². The number of primary sulfonamides is 1. The van der Waals surface area contributed by atoms with Gasteiger partial charge in [0.1, 0.15) is 0 Å². The maximum absolute atomic E-state index is 11.5. The number of nitrogens with zero attached hydrogens (tertiary/aromatic N) is 1. The number of hydrogen-bond donors (Lipinski definition) is 2. The highest BCUT2D eigenvalue weighted by Crippen LogP contribution is 2.29. The number of rotatable bonds is 1. The molecular weight excluding hydrogens is 242 g/mol. The van der Waals surface area contributed by atoms with Crippen LogP contribution in [0.5, 0.6) is 0 Å². The van der Waals surface area contributed by atoms with Crippen LogP contribution in [-0.2, 0) is 16.4 Å². The van der Waals surface area contributed by atoms with Crippen molar-refractivity contribution in [3.63, 3.8) is 0 Å². The van der Waals surface area contributed by atoms with E-state index in [1.807, 2.05) is 0 Å². The topological polar surface area (TPSA) is 92.5 Å². The second-order valence-corrected chi connectivity index (χ2v) is 5.35. The molecule has 0 atom stereocenters. The molecule has 1 aromatic carbocycles. The zero-order chi connectivity index (χ0) is 12.6. The van der Waals surface area contributed by atoms with Crippen molar-refractivity contribution >= 4 is 21.7 Å². The Morgan fingerprint density at radius 3 is 2.76 bits per heavy atom. The third-order valence-electron chi connectivity index (χ3n) is 2.73. The third-order valence-corrected chi connectivity index (χ3v) is 3.65. The van der Waals surface area contributed by atoms with Crippen LogP contribution in [0.2, 0.25) is 0 Å². The van der Waals surface area contributed by atoms with Crippen molar-refractivity contribution < 1.29 is 13.2 Å². The van der Waals surface area contributed by atoms with Gasteiger partial charge < -0.3 is 5.32 Å². The standard InChI is InChI=1S/C10H13N3O3S/c1-12-10(14)13-5-4-7-6-8(17(11,15)16)2-3-9(7)13/h2-3,6H,4-5H2,1H3,(H,12,14)(H2,11,15,16). The highest BCUT2D eigenvalue weighted by atomic mass is 32.2. The first-order valence-corrected chi connectivity index (χ1v) is 6.63. The molecule has 1 aromatic rings. The molecule has 1 heterocycles. The lowest BCUT2D eigenvalue weighted by molar-refractivity contribution is 0.248. The Morgan fingerprint density at radius 2 is 2.18 bits per heavy atom. The molecule has 92 valence electrons. The number of benzene rings is 1.